The second-order valence-electron chi connectivity index (χ2n) is 9.16. The molecule has 1 saturated heterocycles. The number of hydrogen-bond donors (Lipinski definition) is 0. The lowest BCUT2D eigenvalue weighted by molar-refractivity contribution is 0.384. The number of benzene rings is 1. The summed E-state index contributed by atoms with van der Waals surface area (Å²) in [7, 11) is -3.45. The van der Waals surface area contributed by atoms with E-state index in [4.69, 9.17) is 4.98 Å². The zero-order valence-corrected chi connectivity index (χ0v) is 19.3. The molecular formula is C21H27N5O2S2. The molecule has 0 unspecified atom stereocenters. The molecule has 7 nitrogen and oxygen atoms in total. The highest BCUT2D eigenvalue weighted by atomic mass is 32.2. The molecule has 1 fully saturated rings. The monoisotopic (exact) mass is 445 g/mol. The minimum Gasteiger partial charge on any atom is -0.344 e. The predicted molar refractivity (Wildman–Crippen MR) is 119 cm³/mol. The molecule has 2 aliphatic rings. The highest BCUT2D eigenvalue weighted by molar-refractivity contribution is 7.89. The smallest absolute Gasteiger partial charge is 0.243 e. The van der Waals surface area contributed by atoms with Crippen molar-refractivity contribution in [3.8, 4) is 0 Å². The molecular weight excluding hydrogens is 418 g/mol. The van der Waals surface area contributed by atoms with E-state index in [1.54, 1.807) is 21.7 Å². The second kappa shape index (κ2) is 7.03. The summed E-state index contributed by atoms with van der Waals surface area (Å²) in [6.45, 7) is 8.62. The van der Waals surface area contributed by atoms with Crippen LogP contribution in [-0.2, 0) is 28.3 Å². The maximum Gasteiger partial charge on any atom is 0.243 e. The Balaban J connectivity index is 1.30. The molecule has 0 bridgehead atoms. The molecule has 0 amide bonds. The summed E-state index contributed by atoms with van der Waals surface area (Å²) in [4.78, 5) is 8.17. The van der Waals surface area contributed by atoms with Crippen molar-refractivity contribution in [2.75, 3.05) is 31.1 Å². The van der Waals surface area contributed by atoms with Crippen LogP contribution in [0.3, 0.4) is 0 Å². The first-order valence-corrected chi connectivity index (χ1v) is 12.7. The van der Waals surface area contributed by atoms with Gasteiger partial charge in [-0.05, 0) is 42.5 Å². The van der Waals surface area contributed by atoms with Gasteiger partial charge in [0.25, 0.3) is 0 Å². The molecule has 5 rings (SSSR count). The maximum absolute atomic E-state index is 13.1. The van der Waals surface area contributed by atoms with Gasteiger partial charge in [-0.3, -0.25) is 0 Å². The van der Waals surface area contributed by atoms with E-state index in [1.807, 2.05) is 22.8 Å². The highest BCUT2D eigenvalue weighted by Crippen LogP contribution is 2.30. The van der Waals surface area contributed by atoms with Crippen LogP contribution in [0, 0.1) is 0 Å². The molecule has 0 radical (unpaired) electrons. The van der Waals surface area contributed by atoms with Crippen molar-refractivity contribution < 1.29 is 8.42 Å². The van der Waals surface area contributed by atoms with Gasteiger partial charge < -0.3 is 4.90 Å². The molecule has 3 aromatic rings. The Bertz CT molecular complexity index is 1170. The lowest BCUT2D eigenvalue weighted by atomic mass is 9.93. The van der Waals surface area contributed by atoms with Gasteiger partial charge in [-0.2, -0.15) is 4.31 Å². The fourth-order valence-corrected chi connectivity index (χ4v) is 6.56. The van der Waals surface area contributed by atoms with Gasteiger partial charge in [-0.1, -0.05) is 38.2 Å². The Hall–Kier alpha value is -1.97. The summed E-state index contributed by atoms with van der Waals surface area (Å²) in [5, 5.41) is 5.58. The van der Waals surface area contributed by atoms with Crippen molar-refractivity contribution in [3.63, 3.8) is 0 Å². The van der Waals surface area contributed by atoms with E-state index < -0.39 is 10.0 Å². The van der Waals surface area contributed by atoms with Crippen LogP contribution in [0.15, 0.2) is 29.3 Å². The number of anilines is 1. The molecule has 160 valence electrons. The van der Waals surface area contributed by atoms with Crippen molar-refractivity contribution in [1.29, 1.82) is 0 Å². The van der Waals surface area contributed by atoms with Gasteiger partial charge in [0.1, 0.15) is 0 Å². The van der Waals surface area contributed by atoms with Crippen molar-refractivity contribution in [3.05, 3.63) is 41.2 Å². The lowest BCUT2D eigenvalue weighted by Gasteiger charge is -2.33. The van der Waals surface area contributed by atoms with Crippen molar-refractivity contribution in [2.24, 2.45) is 0 Å². The second-order valence-corrected chi connectivity index (χ2v) is 12.0. The SMILES string of the molecule is CC(C)(C)c1cn2nc(N3CCN(S(=O)(=O)c4ccc5c(c4)CCC5)CC3)sc2n1. The minimum absolute atomic E-state index is 0.00880. The summed E-state index contributed by atoms with van der Waals surface area (Å²) in [6.07, 6.45) is 5.15. The summed E-state index contributed by atoms with van der Waals surface area (Å²) in [5.41, 5.74) is 3.50. The van der Waals surface area contributed by atoms with Gasteiger partial charge >= 0.3 is 0 Å². The fraction of sp³-hybridized carbons (Fsp3) is 0.524. The zero-order valence-electron chi connectivity index (χ0n) is 17.6. The Kier molecular flexibility index (Phi) is 4.68. The molecule has 0 saturated carbocycles. The number of aromatic nitrogens is 3. The maximum atomic E-state index is 13.1. The third-order valence-electron chi connectivity index (χ3n) is 6.02. The number of aryl methyl sites for hydroxylation is 2. The number of rotatable bonds is 3. The van der Waals surface area contributed by atoms with E-state index in [9.17, 15) is 8.42 Å². The molecule has 0 spiro atoms. The lowest BCUT2D eigenvalue weighted by Crippen LogP contribution is -2.48. The van der Waals surface area contributed by atoms with Crippen molar-refractivity contribution in [2.45, 2.75) is 50.3 Å². The molecule has 1 aromatic carbocycles. The zero-order chi connectivity index (χ0) is 21.1. The average Bonchev–Trinajstić information content (AvgIpc) is 3.41. The molecule has 0 N–H and O–H groups in total. The van der Waals surface area contributed by atoms with Gasteiger partial charge in [0.15, 0.2) is 0 Å². The van der Waals surface area contributed by atoms with Crippen LogP contribution in [0.2, 0.25) is 0 Å². The fourth-order valence-electron chi connectivity index (χ4n) is 4.16. The van der Waals surface area contributed by atoms with E-state index in [2.05, 4.69) is 30.8 Å². The van der Waals surface area contributed by atoms with Crippen molar-refractivity contribution >= 4 is 31.5 Å². The summed E-state index contributed by atoms with van der Waals surface area (Å²) >= 11 is 1.56. The number of nitrogens with zero attached hydrogens (tertiary/aromatic N) is 5. The summed E-state index contributed by atoms with van der Waals surface area (Å²) < 4.78 is 29.7. The predicted octanol–water partition coefficient (Wildman–Crippen LogP) is 3.09. The quantitative estimate of drug-likeness (QED) is 0.620. The van der Waals surface area contributed by atoms with Gasteiger partial charge in [0.05, 0.1) is 16.8 Å². The molecule has 3 heterocycles. The van der Waals surface area contributed by atoms with E-state index in [0.717, 1.165) is 35.0 Å². The number of sulfonamides is 1. The largest absolute Gasteiger partial charge is 0.344 e. The topological polar surface area (TPSA) is 70.8 Å². The summed E-state index contributed by atoms with van der Waals surface area (Å²) in [6, 6.07) is 5.64. The molecule has 1 aliphatic heterocycles. The third-order valence-corrected chi connectivity index (χ3v) is 8.90. The first-order chi connectivity index (χ1) is 14.2. The Morgan fingerprint density at radius 1 is 1.03 bits per heavy atom. The van der Waals surface area contributed by atoms with E-state index in [-0.39, 0.29) is 5.41 Å². The van der Waals surface area contributed by atoms with Gasteiger partial charge in [0, 0.05) is 31.6 Å². The molecule has 9 heteroatoms. The highest BCUT2D eigenvalue weighted by Gasteiger charge is 2.30. The van der Waals surface area contributed by atoms with Gasteiger partial charge in [-0.15, -0.1) is 5.10 Å². The normalized spacial score (nSPS) is 18.3. The minimum atomic E-state index is -3.45. The van der Waals surface area contributed by atoms with Gasteiger partial charge in [0.2, 0.25) is 20.1 Å². The van der Waals surface area contributed by atoms with Crippen LogP contribution in [0.4, 0.5) is 5.13 Å². The van der Waals surface area contributed by atoms with E-state index in [0.29, 0.717) is 31.1 Å². The number of hydrogen-bond acceptors (Lipinski definition) is 6. The van der Waals surface area contributed by atoms with Crippen LogP contribution >= 0.6 is 11.3 Å². The number of fused-ring (bicyclic) bond motifs is 2. The molecule has 0 atom stereocenters. The first kappa shape index (κ1) is 20.0. The Morgan fingerprint density at radius 2 is 1.77 bits per heavy atom. The Labute approximate surface area is 181 Å². The Morgan fingerprint density at radius 3 is 2.47 bits per heavy atom. The summed E-state index contributed by atoms with van der Waals surface area (Å²) in [5.74, 6) is 0. The van der Waals surface area contributed by atoms with Crippen LogP contribution in [-0.4, -0.2) is 53.5 Å². The van der Waals surface area contributed by atoms with E-state index >= 15 is 0 Å². The van der Waals surface area contributed by atoms with Crippen molar-refractivity contribution in [1.82, 2.24) is 18.9 Å². The first-order valence-electron chi connectivity index (χ1n) is 10.5. The van der Waals surface area contributed by atoms with Crippen LogP contribution in [0.5, 0.6) is 0 Å². The van der Waals surface area contributed by atoms with Gasteiger partial charge in [-0.25, -0.2) is 17.9 Å². The van der Waals surface area contributed by atoms with Crippen LogP contribution in [0.1, 0.15) is 44.0 Å². The standard InChI is InChI=1S/C21H27N5O2S2/c1-21(2,3)18-14-26-19(22-18)29-20(23-26)24-9-11-25(12-10-24)30(27,28)17-8-7-15-5-4-6-16(15)13-17/h7-8,13-14H,4-6,9-12H2,1-3H3. The number of piperazine rings is 1. The molecule has 2 aromatic heterocycles. The molecule has 30 heavy (non-hydrogen) atoms. The van der Waals surface area contributed by atoms with Crippen LogP contribution < -0.4 is 4.90 Å². The molecule has 1 aliphatic carbocycles. The number of imidazole rings is 1. The third kappa shape index (κ3) is 3.42. The van der Waals surface area contributed by atoms with E-state index in [1.165, 1.54) is 11.1 Å². The van der Waals surface area contributed by atoms with Crippen LogP contribution in [0.25, 0.3) is 4.96 Å². The average molecular weight is 446 g/mol.